The lowest BCUT2D eigenvalue weighted by molar-refractivity contribution is -0.134. The second-order valence-corrected chi connectivity index (χ2v) is 5.59. The second kappa shape index (κ2) is 8.00. The summed E-state index contributed by atoms with van der Waals surface area (Å²) in [6.45, 7) is 5.17. The molecular formula is C14H27ClN2O. The van der Waals surface area contributed by atoms with Crippen molar-refractivity contribution in [3.8, 4) is 0 Å². The Bertz CT molecular complexity index is 248. The van der Waals surface area contributed by atoms with Crippen LogP contribution in [0.15, 0.2) is 0 Å². The first-order chi connectivity index (χ1) is 8.31. The molecule has 0 radical (unpaired) electrons. The molecule has 18 heavy (non-hydrogen) atoms. The molecular weight excluding hydrogens is 248 g/mol. The van der Waals surface area contributed by atoms with Crippen molar-refractivity contribution in [1.82, 2.24) is 10.2 Å². The van der Waals surface area contributed by atoms with Gasteiger partial charge in [0.2, 0.25) is 5.91 Å². The van der Waals surface area contributed by atoms with Crippen LogP contribution in [0, 0.1) is 5.92 Å². The molecule has 1 amide bonds. The molecule has 106 valence electrons. The molecule has 4 heteroatoms. The van der Waals surface area contributed by atoms with Crippen molar-refractivity contribution in [3.05, 3.63) is 0 Å². The molecule has 1 atom stereocenters. The standard InChI is InChI=1S/C14H26N2O.ClH/c1-2-9-16(13-7-8-15-11-13)14(17)10-12-5-3-4-6-12;/h12-13,15H,2-11H2,1H3;1H. The summed E-state index contributed by atoms with van der Waals surface area (Å²) in [5, 5.41) is 3.37. The number of halogens is 1. The summed E-state index contributed by atoms with van der Waals surface area (Å²) in [5.74, 6) is 1.09. The lowest BCUT2D eigenvalue weighted by atomic mass is 10.0. The Morgan fingerprint density at radius 3 is 2.56 bits per heavy atom. The molecule has 1 N–H and O–H groups in total. The van der Waals surface area contributed by atoms with E-state index in [0.29, 0.717) is 17.9 Å². The van der Waals surface area contributed by atoms with Crippen LogP contribution < -0.4 is 5.32 Å². The van der Waals surface area contributed by atoms with Crippen LogP contribution in [-0.2, 0) is 4.79 Å². The number of amides is 1. The van der Waals surface area contributed by atoms with Crippen LogP contribution in [0.4, 0.5) is 0 Å². The monoisotopic (exact) mass is 274 g/mol. The lowest BCUT2D eigenvalue weighted by Gasteiger charge is -2.29. The van der Waals surface area contributed by atoms with Gasteiger partial charge in [0.1, 0.15) is 0 Å². The fourth-order valence-corrected chi connectivity index (χ4v) is 3.24. The molecule has 2 rings (SSSR count). The van der Waals surface area contributed by atoms with Crippen molar-refractivity contribution in [3.63, 3.8) is 0 Å². The third kappa shape index (κ3) is 4.13. The topological polar surface area (TPSA) is 32.3 Å². The largest absolute Gasteiger partial charge is 0.338 e. The smallest absolute Gasteiger partial charge is 0.223 e. The number of hydrogen-bond donors (Lipinski definition) is 1. The van der Waals surface area contributed by atoms with Crippen LogP contribution in [0.3, 0.4) is 0 Å². The molecule has 1 saturated carbocycles. The zero-order valence-corrected chi connectivity index (χ0v) is 12.3. The molecule has 2 fully saturated rings. The molecule has 3 nitrogen and oxygen atoms in total. The van der Waals surface area contributed by atoms with Crippen LogP contribution >= 0.6 is 12.4 Å². The van der Waals surface area contributed by atoms with Gasteiger partial charge in [-0.1, -0.05) is 19.8 Å². The van der Waals surface area contributed by atoms with Crippen LogP contribution in [-0.4, -0.2) is 36.5 Å². The predicted molar refractivity (Wildman–Crippen MR) is 77.1 cm³/mol. The van der Waals surface area contributed by atoms with E-state index in [2.05, 4.69) is 17.1 Å². The van der Waals surface area contributed by atoms with Gasteiger partial charge in [0.15, 0.2) is 0 Å². The zero-order valence-electron chi connectivity index (χ0n) is 11.5. The average molecular weight is 275 g/mol. The molecule has 1 heterocycles. The van der Waals surface area contributed by atoms with Crippen LogP contribution in [0.25, 0.3) is 0 Å². The molecule has 1 saturated heterocycles. The van der Waals surface area contributed by atoms with Crippen molar-refractivity contribution in [2.75, 3.05) is 19.6 Å². The molecule has 1 unspecified atom stereocenters. The maximum absolute atomic E-state index is 12.4. The molecule has 1 aliphatic carbocycles. The van der Waals surface area contributed by atoms with Crippen molar-refractivity contribution < 1.29 is 4.79 Å². The van der Waals surface area contributed by atoms with Gasteiger partial charge in [0, 0.05) is 25.6 Å². The fourth-order valence-electron chi connectivity index (χ4n) is 3.24. The Morgan fingerprint density at radius 1 is 1.28 bits per heavy atom. The number of nitrogens with zero attached hydrogens (tertiary/aromatic N) is 1. The molecule has 1 aliphatic heterocycles. The van der Waals surface area contributed by atoms with Gasteiger partial charge in [0.25, 0.3) is 0 Å². The van der Waals surface area contributed by atoms with Gasteiger partial charge in [-0.3, -0.25) is 4.79 Å². The van der Waals surface area contributed by atoms with Crippen molar-refractivity contribution in [1.29, 1.82) is 0 Å². The molecule has 2 aliphatic rings. The van der Waals surface area contributed by atoms with Gasteiger partial charge in [0.05, 0.1) is 0 Å². The maximum atomic E-state index is 12.4. The first-order valence-electron chi connectivity index (χ1n) is 7.31. The summed E-state index contributed by atoms with van der Waals surface area (Å²) in [4.78, 5) is 14.5. The van der Waals surface area contributed by atoms with Gasteiger partial charge in [-0.2, -0.15) is 0 Å². The number of carbonyl (C=O) groups excluding carboxylic acids is 1. The Labute approximate surface area is 117 Å². The van der Waals surface area contributed by atoms with E-state index in [4.69, 9.17) is 0 Å². The van der Waals surface area contributed by atoms with Crippen LogP contribution in [0.2, 0.25) is 0 Å². The average Bonchev–Trinajstić information content (AvgIpc) is 2.97. The van der Waals surface area contributed by atoms with Gasteiger partial charge < -0.3 is 10.2 Å². The van der Waals surface area contributed by atoms with E-state index >= 15 is 0 Å². The maximum Gasteiger partial charge on any atom is 0.223 e. The summed E-state index contributed by atoms with van der Waals surface area (Å²) in [7, 11) is 0. The molecule has 0 aromatic rings. The third-order valence-electron chi connectivity index (χ3n) is 4.20. The number of hydrogen-bond acceptors (Lipinski definition) is 2. The highest BCUT2D eigenvalue weighted by Gasteiger charge is 2.28. The Hall–Kier alpha value is -0.280. The van der Waals surface area contributed by atoms with Gasteiger partial charge in [-0.15, -0.1) is 12.4 Å². The summed E-state index contributed by atoms with van der Waals surface area (Å²) >= 11 is 0. The predicted octanol–water partition coefficient (Wildman–Crippen LogP) is 2.59. The molecule has 0 bridgehead atoms. The quantitative estimate of drug-likeness (QED) is 0.836. The second-order valence-electron chi connectivity index (χ2n) is 5.59. The normalized spacial score (nSPS) is 23.9. The van der Waals surface area contributed by atoms with Crippen LogP contribution in [0.1, 0.15) is 51.9 Å². The number of nitrogens with one attached hydrogen (secondary N) is 1. The van der Waals surface area contributed by atoms with Crippen molar-refractivity contribution in [2.45, 2.75) is 57.9 Å². The molecule has 0 spiro atoms. The van der Waals surface area contributed by atoms with E-state index in [1.54, 1.807) is 0 Å². The highest BCUT2D eigenvalue weighted by atomic mass is 35.5. The minimum absolute atomic E-state index is 0. The number of carbonyl (C=O) groups is 1. The fraction of sp³-hybridized carbons (Fsp3) is 0.929. The number of rotatable bonds is 5. The minimum Gasteiger partial charge on any atom is -0.338 e. The van der Waals surface area contributed by atoms with Gasteiger partial charge in [-0.05, 0) is 38.1 Å². The minimum atomic E-state index is 0. The Morgan fingerprint density at radius 2 is 2.00 bits per heavy atom. The molecule has 0 aromatic heterocycles. The van der Waals surface area contributed by atoms with Gasteiger partial charge >= 0.3 is 0 Å². The summed E-state index contributed by atoms with van der Waals surface area (Å²) in [6.07, 6.45) is 8.22. The third-order valence-corrected chi connectivity index (χ3v) is 4.20. The lowest BCUT2D eigenvalue weighted by Crippen LogP contribution is -2.42. The van der Waals surface area contributed by atoms with Crippen LogP contribution in [0.5, 0.6) is 0 Å². The first-order valence-corrected chi connectivity index (χ1v) is 7.31. The zero-order chi connectivity index (χ0) is 12.1. The molecule has 0 aromatic carbocycles. The van der Waals surface area contributed by atoms with E-state index in [9.17, 15) is 4.79 Å². The SMILES string of the molecule is CCCN(C(=O)CC1CCCC1)C1CCNC1.Cl. The first kappa shape index (κ1) is 15.8. The van der Waals surface area contributed by atoms with Crippen molar-refractivity contribution >= 4 is 18.3 Å². The van der Waals surface area contributed by atoms with Gasteiger partial charge in [-0.25, -0.2) is 0 Å². The summed E-state index contributed by atoms with van der Waals surface area (Å²) in [5.41, 5.74) is 0. The highest BCUT2D eigenvalue weighted by molar-refractivity contribution is 5.85. The van der Waals surface area contributed by atoms with E-state index in [1.165, 1.54) is 25.7 Å². The van der Waals surface area contributed by atoms with E-state index in [-0.39, 0.29) is 12.4 Å². The summed E-state index contributed by atoms with van der Waals surface area (Å²) < 4.78 is 0. The van der Waals surface area contributed by atoms with E-state index < -0.39 is 0 Å². The van der Waals surface area contributed by atoms with E-state index in [1.807, 2.05) is 0 Å². The Kier molecular flexibility index (Phi) is 7.02. The van der Waals surface area contributed by atoms with E-state index in [0.717, 1.165) is 38.9 Å². The Balaban J connectivity index is 0.00000162. The summed E-state index contributed by atoms with van der Waals surface area (Å²) in [6, 6.07) is 0.462. The van der Waals surface area contributed by atoms with Crippen molar-refractivity contribution in [2.24, 2.45) is 5.92 Å². The highest BCUT2D eigenvalue weighted by Crippen LogP contribution is 2.28.